The summed E-state index contributed by atoms with van der Waals surface area (Å²) in [4.78, 5) is 12.3. The van der Waals surface area contributed by atoms with Crippen molar-refractivity contribution in [1.82, 2.24) is 25.5 Å². The first-order valence-corrected chi connectivity index (χ1v) is 8.39. The van der Waals surface area contributed by atoms with Crippen LogP contribution in [0.3, 0.4) is 0 Å². The summed E-state index contributed by atoms with van der Waals surface area (Å²) in [6.07, 6.45) is -0.622. The van der Waals surface area contributed by atoms with Gasteiger partial charge in [-0.3, -0.25) is 4.79 Å². The summed E-state index contributed by atoms with van der Waals surface area (Å²) in [6.45, 7) is 6.00. The van der Waals surface area contributed by atoms with E-state index in [2.05, 4.69) is 20.8 Å². The molecule has 1 atom stereocenters. The number of ether oxygens (including phenoxy) is 1. The molecule has 1 amide bonds. The molecule has 7 heteroatoms. The number of carbonyl (C=O) groups excluding carboxylic acids is 1. The lowest BCUT2D eigenvalue weighted by molar-refractivity contribution is -0.127. The van der Waals surface area contributed by atoms with Gasteiger partial charge in [0.15, 0.2) is 11.9 Å². The Bertz CT molecular complexity index is 892. The number of hydrogen-bond donors (Lipinski definition) is 1. The van der Waals surface area contributed by atoms with Crippen LogP contribution in [0.1, 0.15) is 23.9 Å². The van der Waals surface area contributed by atoms with E-state index in [1.807, 2.05) is 62.4 Å². The van der Waals surface area contributed by atoms with Gasteiger partial charge in [0.2, 0.25) is 0 Å². The molecule has 0 aliphatic rings. The summed E-state index contributed by atoms with van der Waals surface area (Å²) in [5.41, 5.74) is 3.21. The number of aryl methyl sites for hydroxylation is 2. The average molecular weight is 351 g/mol. The fourth-order valence-corrected chi connectivity index (χ4v) is 2.44. The molecule has 26 heavy (non-hydrogen) atoms. The Balaban J connectivity index is 1.64. The minimum absolute atomic E-state index is 0.210. The molecule has 1 heterocycles. The third kappa shape index (κ3) is 4.05. The monoisotopic (exact) mass is 351 g/mol. The molecule has 1 unspecified atom stereocenters. The third-order valence-corrected chi connectivity index (χ3v) is 4.12. The maximum Gasteiger partial charge on any atom is 0.261 e. The Morgan fingerprint density at radius 1 is 1.15 bits per heavy atom. The molecule has 0 saturated heterocycles. The summed E-state index contributed by atoms with van der Waals surface area (Å²) < 4.78 is 7.24. The van der Waals surface area contributed by atoms with E-state index >= 15 is 0 Å². The van der Waals surface area contributed by atoms with E-state index in [-0.39, 0.29) is 12.5 Å². The highest BCUT2D eigenvalue weighted by Gasteiger charge is 2.16. The van der Waals surface area contributed by atoms with Crippen molar-refractivity contribution in [2.24, 2.45) is 0 Å². The van der Waals surface area contributed by atoms with Gasteiger partial charge in [0.05, 0.1) is 12.2 Å². The second kappa shape index (κ2) is 7.77. The quantitative estimate of drug-likeness (QED) is 0.737. The molecule has 3 aromatic rings. The number of tetrazole rings is 1. The van der Waals surface area contributed by atoms with Crippen LogP contribution in [0, 0.1) is 13.8 Å². The molecule has 1 N–H and O–H groups in total. The zero-order valence-electron chi connectivity index (χ0n) is 15.0. The Morgan fingerprint density at radius 3 is 2.65 bits per heavy atom. The van der Waals surface area contributed by atoms with Crippen molar-refractivity contribution in [3.05, 3.63) is 65.5 Å². The summed E-state index contributed by atoms with van der Waals surface area (Å²) >= 11 is 0. The van der Waals surface area contributed by atoms with Crippen molar-refractivity contribution < 1.29 is 9.53 Å². The highest BCUT2D eigenvalue weighted by atomic mass is 16.5. The van der Waals surface area contributed by atoms with E-state index in [4.69, 9.17) is 4.74 Å². The van der Waals surface area contributed by atoms with E-state index in [1.165, 1.54) is 5.56 Å². The number of benzene rings is 2. The van der Waals surface area contributed by atoms with Crippen LogP contribution in [0.4, 0.5) is 0 Å². The van der Waals surface area contributed by atoms with Crippen molar-refractivity contribution in [1.29, 1.82) is 0 Å². The fraction of sp³-hybridized carbons (Fsp3) is 0.263. The van der Waals surface area contributed by atoms with Gasteiger partial charge in [-0.1, -0.05) is 24.3 Å². The number of para-hydroxylation sites is 1. The van der Waals surface area contributed by atoms with Gasteiger partial charge in [-0.05, 0) is 66.6 Å². The average Bonchev–Trinajstić information content (AvgIpc) is 3.11. The molecule has 0 bridgehead atoms. The molecule has 0 radical (unpaired) electrons. The molecule has 2 aromatic carbocycles. The van der Waals surface area contributed by atoms with Gasteiger partial charge in [0.1, 0.15) is 5.75 Å². The van der Waals surface area contributed by atoms with Crippen LogP contribution < -0.4 is 10.1 Å². The lowest BCUT2D eigenvalue weighted by Crippen LogP contribution is -2.36. The van der Waals surface area contributed by atoms with Crippen molar-refractivity contribution in [2.45, 2.75) is 33.4 Å². The largest absolute Gasteiger partial charge is 0.481 e. The SMILES string of the molecule is Cc1ccc(-n2nnnc2CNC(=O)C(C)Oc2ccccc2)cc1C. The van der Waals surface area contributed by atoms with Crippen LogP contribution in [-0.2, 0) is 11.3 Å². The van der Waals surface area contributed by atoms with Gasteiger partial charge in [-0.25, -0.2) is 0 Å². The van der Waals surface area contributed by atoms with Crippen LogP contribution in [0.2, 0.25) is 0 Å². The van der Waals surface area contributed by atoms with Crippen LogP contribution >= 0.6 is 0 Å². The third-order valence-electron chi connectivity index (χ3n) is 4.12. The molecule has 7 nitrogen and oxygen atoms in total. The Labute approximate surface area is 152 Å². The second-order valence-corrected chi connectivity index (χ2v) is 6.07. The molecule has 0 aliphatic carbocycles. The van der Waals surface area contributed by atoms with E-state index in [9.17, 15) is 4.79 Å². The van der Waals surface area contributed by atoms with Crippen molar-refractivity contribution in [3.8, 4) is 11.4 Å². The van der Waals surface area contributed by atoms with Gasteiger partial charge in [-0.2, -0.15) is 4.68 Å². The topological polar surface area (TPSA) is 81.9 Å². The molecule has 3 rings (SSSR count). The van der Waals surface area contributed by atoms with Gasteiger partial charge >= 0.3 is 0 Å². The summed E-state index contributed by atoms with van der Waals surface area (Å²) in [7, 11) is 0. The van der Waals surface area contributed by atoms with Crippen LogP contribution in [0.5, 0.6) is 5.75 Å². The normalized spacial score (nSPS) is 11.8. The number of nitrogens with one attached hydrogen (secondary N) is 1. The first-order valence-electron chi connectivity index (χ1n) is 8.39. The molecule has 0 aliphatic heterocycles. The molecule has 0 spiro atoms. The van der Waals surface area contributed by atoms with Gasteiger partial charge < -0.3 is 10.1 Å². The van der Waals surface area contributed by atoms with E-state index in [0.717, 1.165) is 11.3 Å². The summed E-state index contributed by atoms with van der Waals surface area (Å²) in [5, 5.41) is 14.6. The van der Waals surface area contributed by atoms with Gasteiger partial charge in [0.25, 0.3) is 5.91 Å². The van der Waals surface area contributed by atoms with Crippen molar-refractivity contribution in [2.75, 3.05) is 0 Å². The smallest absolute Gasteiger partial charge is 0.261 e. The van der Waals surface area contributed by atoms with Gasteiger partial charge in [-0.15, -0.1) is 5.10 Å². The molecule has 134 valence electrons. The lowest BCUT2D eigenvalue weighted by Gasteiger charge is -2.14. The molecule has 0 fully saturated rings. The number of carbonyl (C=O) groups is 1. The zero-order chi connectivity index (χ0) is 18.5. The lowest BCUT2D eigenvalue weighted by atomic mass is 10.1. The molecule has 0 saturated carbocycles. The predicted octanol–water partition coefficient (Wildman–Crippen LogP) is 2.36. The van der Waals surface area contributed by atoms with Crippen LogP contribution in [0.15, 0.2) is 48.5 Å². The minimum atomic E-state index is -0.622. The fourth-order valence-electron chi connectivity index (χ4n) is 2.44. The van der Waals surface area contributed by atoms with E-state index in [0.29, 0.717) is 11.6 Å². The predicted molar refractivity (Wildman–Crippen MR) is 97.0 cm³/mol. The van der Waals surface area contributed by atoms with Crippen molar-refractivity contribution in [3.63, 3.8) is 0 Å². The number of amides is 1. The van der Waals surface area contributed by atoms with Gasteiger partial charge in [0, 0.05) is 0 Å². The number of aromatic nitrogens is 4. The highest BCUT2D eigenvalue weighted by Crippen LogP contribution is 2.14. The Morgan fingerprint density at radius 2 is 1.92 bits per heavy atom. The minimum Gasteiger partial charge on any atom is -0.481 e. The maximum atomic E-state index is 12.3. The summed E-state index contributed by atoms with van der Waals surface area (Å²) in [5.74, 6) is 0.965. The number of nitrogens with zero attached hydrogens (tertiary/aromatic N) is 4. The standard InChI is InChI=1S/C19H21N5O2/c1-13-9-10-16(11-14(13)2)24-18(21-22-23-24)12-20-19(25)15(3)26-17-7-5-4-6-8-17/h4-11,15H,12H2,1-3H3,(H,20,25). The Kier molecular flexibility index (Phi) is 5.26. The Hall–Kier alpha value is -3.22. The van der Waals surface area contributed by atoms with Crippen LogP contribution in [-0.4, -0.2) is 32.2 Å². The first-order chi connectivity index (χ1) is 12.5. The number of hydrogen-bond acceptors (Lipinski definition) is 5. The second-order valence-electron chi connectivity index (χ2n) is 6.07. The molecule has 1 aromatic heterocycles. The maximum absolute atomic E-state index is 12.3. The number of rotatable bonds is 6. The van der Waals surface area contributed by atoms with Crippen molar-refractivity contribution >= 4 is 5.91 Å². The van der Waals surface area contributed by atoms with Crippen LogP contribution in [0.25, 0.3) is 5.69 Å². The first kappa shape index (κ1) is 17.6. The van der Waals surface area contributed by atoms with E-state index < -0.39 is 6.10 Å². The molecular weight excluding hydrogens is 330 g/mol. The van der Waals surface area contributed by atoms with E-state index in [1.54, 1.807) is 11.6 Å². The molecular formula is C19H21N5O2. The summed E-state index contributed by atoms with van der Waals surface area (Å²) in [6, 6.07) is 15.2. The zero-order valence-corrected chi connectivity index (χ0v) is 15.0. The highest BCUT2D eigenvalue weighted by molar-refractivity contribution is 5.80.